The maximum absolute atomic E-state index is 12.0. The van der Waals surface area contributed by atoms with Crippen LogP contribution in [-0.2, 0) is 4.79 Å². The molecule has 1 aromatic rings. The van der Waals surface area contributed by atoms with Gasteiger partial charge in [0.2, 0.25) is 5.91 Å². The average molecular weight is 275 g/mol. The van der Waals surface area contributed by atoms with Crippen LogP contribution in [-0.4, -0.2) is 28.6 Å². The predicted octanol–water partition coefficient (Wildman–Crippen LogP) is 2.25. The zero-order valence-electron chi connectivity index (χ0n) is 10.7. The van der Waals surface area contributed by atoms with Gasteiger partial charge in [0.1, 0.15) is 6.61 Å². The zero-order chi connectivity index (χ0) is 13.5. The molecule has 0 bridgehead atoms. The molecule has 19 heavy (non-hydrogen) atoms. The number of amides is 1. The van der Waals surface area contributed by atoms with Crippen LogP contribution < -0.4 is 5.32 Å². The van der Waals surface area contributed by atoms with Crippen LogP contribution >= 0.6 is 11.8 Å². The molecular weight excluding hydrogens is 258 g/mol. The highest BCUT2D eigenvalue weighted by Gasteiger charge is 2.21. The smallest absolute Gasteiger partial charge is 0.237 e. The Kier molecular flexibility index (Phi) is 5.31. The van der Waals surface area contributed by atoms with Crippen LogP contribution in [0, 0.1) is 11.8 Å². The second kappa shape index (κ2) is 7.22. The number of anilines is 1. The summed E-state index contributed by atoms with van der Waals surface area (Å²) in [6.07, 6.45) is 3.32. The molecule has 4 heteroatoms. The Morgan fingerprint density at radius 3 is 2.79 bits per heavy atom. The fourth-order valence-corrected chi connectivity index (χ4v) is 3.15. The molecule has 0 spiro atoms. The highest BCUT2D eigenvalue weighted by molar-refractivity contribution is 8.00. The molecule has 2 N–H and O–H groups in total. The van der Waals surface area contributed by atoms with E-state index in [1.807, 2.05) is 24.3 Å². The highest BCUT2D eigenvalue weighted by Crippen LogP contribution is 2.26. The second-order valence-corrected chi connectivity index (χ2v) is 5.69. The molecule has 1 atom stereocenters. The number of hydrogen-bond donors (Lipinski definition) is 2. The van der Waals surface area contributed by atoms with Crippen LogP contribution in [0.4, 0.5) is 5.69 Å². The molecule has 1 amide bonds. The third-order valence-corrected chi connectivity index (χ3v) is 4.31. The van der Waals surface area contributed by atoms with Crippen molar-refractivity contribution in [1.29, 1.82) is 0 Å². The quantitative estimate of drug-likeness (QED) is 0.814. The third kappa shape index (κ3) is 4.30. The van der Waals surface area contributed by atoms with Crippen LogP contribution in [0.3, 0.4) is 0 Å². The van der Waals surface area contributed by atoms with Gasteiger partial charge in [-0.2, -0.15) is 0 Å². The summed E-state index contributed by atoms with van der Waals surface area (Å²) >= 11 is 1.74. The normalized spacial score (nSPS) is 18.3. The fourth-order valence-electron chi connectivity index (χ4n) is 1.95. The molecule has 1 saturated heterocycles. The first-order valence-corrected chi connectivity index (χ1v) is 7.47. The number of aliphatic hydroxyl groups is 1. The molecule has 0 aliphatic carbocycles. The van der Waals surface area contributed by atoms with Crippen molar-refractivity contribution >= 4 is 23.4 Å². The van der Waals surface area contributed by atoms with Gasteiger partial charge < -0.3 is 10.4 Å². The van der Waals surface area contributed by atoms with Crippen molar-refractivity contribution in [3.8, 4) is 11.8 Å². The lowest BCUT2D eigenvalue weighted by Crippen LogP contribution is -2.27. The number of rotatable bonds is 2. The Hall–Kier alpha value is -1.44. The number of aliphatic hydroxyl groups excluding tert-OH is 1. The Morgan fingerprint density at radius 2 is 2.16 bits per heavy atom. The average Bonchev–Trinajstić information content (AvgIpc) is 2.47. The maximum atomic E-state index is 12.0. The van der Waals surface area contributed by atoms with Gasteiger partial charge >= 0.3 is 0 Å². The van der Waals surface area contributed by atoms with E-state index in [9.17, 15) is 4.79 Å². The first-order valence-electron chi connectivity index (χ1n) is 6.42. The van der Waals surface area contributed by atoms with Crippen LogP contribution in [0.1, 0.15) is 24.8 Å². The lowest BCUT2D eigenvalue weighted by atomic mass is 10.1. The summed E-state index contributed by atoms with van der Waals surface area (Å²) in [7, 11) is 0. The van der Waals surface area contributed by atoms with E-state index in [4.69, 9.17) is 5.11 Å². The van der Waals surface area contributed by atoms with Gasteiger partial charge in [-0.25, -0.2) is 0 Å². The number of carbonyl (C=O) groups excluding carboxylic acids is 1. The molecule has 1 aliphatic rings. The molecule has 1 heterocycles. The summed E-state index contributed by atoms with van der Waals surface area (Å²) in [6.45, 7) is -0.141. The van der Waals surface area contributed by atoms with Crippen molar-refractivity contribution in [2.24, 2.45) is 0 Å². The van der Waals surface area contributed by atoms with E-state index in [0.29, 0.717) is 0 Å². The molecular formula is C15H17NO2S. The van der Waals surface area contributed by atoms with Crippen molar-refractivity contribution in [2.75, 3.05) is 17.7 Å². The van der Waals surface area contributed by atoms with Gasteiger partial charge in [0.15, 0.2) is 0 Å². The molecule has 100 valence electrons. The highest BCUT2D eigenvalue weighted by atomic mass is 32.2. The van der Waals surface area contributed by atoms with Gasteiger partial charge in [-0.15, -0.1) is 11.8 Å². The van der Waals surface area contributed by atoms with Crippen molar-refractivity contribution in [2.45, 2.75) is 24.5 Å². The summed E-state index contributed by atoms with van der Waals surface area (Å²) in [5.74, 6) is 6.59. The largest absolute Gasteiger partial charge is 0.384 e. The summed E-state index contributed by atoms with van der Waals surface area (Å²) < 4.78 is 0. The van der Waals surface area contributed by atoms with Crippen LogP contribution in [0.25, 0.3) is 0 Å². The molecule has 1 aliphatic heterocycles. The van der Waals surface area contributed by atoms with Crippen LogP contribution in [0.15, 0.2) is 24.3 Å². The van der Waals surface area contributed by atoms with Crippen molar-refractivity contribution < 1.29 is 9.90 Å². The van der Waals surface area contributed by atoms with Gasteiger partial charge in [-0.3, -0.25) is 4.79 Å². The molecule has 0 saturated carbocycles. The molecule has 1 fully saturated rings. The molecule has 0 radical (unpaired) electrons. The number of benzene rings is 1. The Bertz CT molecular complexity index is 481. The summed E-state index contributed by atoms with van der Waals surface area (Å²) in [5.41, 5.74) is 1.63. The van der Waals surface area contributed by atoms with E-state index in [2.05, 4.69) is 17.2 Å². The molecule has 1 aromatic carbocycles. The van der Waals surface area contributed by atoms with E-state index >= 15 is 0 Å². The van der Waals surface area contributed by atoms with E-state index in [0.717, 1.165) is 29.8 Å². The van der Waals surface area contributed by atoms with Crippen LogP contribution in [0.5, 0.6) is 0 Å². The summed E-state index contributed by atoms with van der Waals surface area (Å²) in [5, 5.41) is 11.6. The van der Waals surface area contributed by atoms with Crippen molar-refractivity contribution in [3.05, 3.63) is 29.8 Å². The minimum atomic E-state index is -0.141. The number of carbonyl (C=O) groups is 1. The Balaban J connectivity index is 1.93. The lowest BCUT2D eigenvalue weighted by molar-refractivity contribution is -0.115. The standard InChI is InChI=1S/C15H17NO2S/c17-10-3-4-12-6-8-13(9-7-12)16-15(18)14-5-1-2-11-19-14/h6-9,14,17H,1-2,5,10-11H2,(H,16,18). The summed E-state index contributed by atoms with van der Waals surface area (Å²) in [6, 6.07) is 7.36. The van der Waals surface area contributed by atoms with E-state index in [1.54, 1.807) is 11.8 Å². The van der Waals surface area contributed by atoms with Gasteiger partial charge in [-0.1, -0.05) is 18.3 Å². The third-order valence-electron chi connectivity index (χ3n) is 2.94. The second-order valence-electron chi connectivity index (χ2n) is 4.38. The van der Waals surface area contributed by atoms with Gasteiger partial charge in [0.05, 0.1) is 5.25 Å². The van der Waals surface area contributed by atoms with E-state index in [-0.39, 0.29) is 17.8 Å². The molecule has 0 aromatic heterocycles. The maximum Gasteiger partial charge on any atom is 0.237 e. The Labute approximate surface area is 117 Å². The first kappa shape index (κ1) is 14.0. The predicted molar refractivity (Wildman–Crippen MR) is 79.1 cm³/mol. The van der Waals surface area contributed by atoms with E-state index < -0.39 is 0 Å². The minimum absolute atomic E-state index is 0.0857. The monoisotopic (exact) mass is 275 g/mol. The van der Waals surface area contributed by atoms with Crippen molar-refractivity contribution in [1.82, 2.24) is 0 Å². The van der Waals surface area contributed by atoms with Crippen molar-refractivity contribution in [3.63, 3.8) is 0 Å². The number of thioether (sulfide) groups is 1. The van der Waals surface area contributed by atoms with Crippen LogP contribution in [0.2, 0.25) is 0 Å². The number of nitrogens with one attached hydrogen (secondary N) is 1. The molecule has 2 rings (SSSR count). The SMILES string of the molecule is O=C(Nc1ccc(C#CCO)cc1)C1CCCCS1. The van der Waals surface area contributed by atoms with Gasteiger partial charge in [0, 0.05) is 11.3 Å². The number of hydrogen-bond acceptors (Lipinski definition) is 3. The van der Waals surface area contributed by atoms with Gasteiger partial charge in [0.25, 0.3) is 0 Å². The topological polar surface area (TPSA) is 49.3 Å². The molecule has 1 unspecified atom stereocenters. The fraction of sp³-hybridized carbons (Fsp3) is 0.400. The molecule has 3 nitrogen and oxygen atoms in total. The first-order chi connectivity index (χ1) is 9.29. The lowest BCUT2D eigenvalue weighted by Gasteiger charge is -2.20. The van der Waals surface area contributed by atoms with Gasteiger partial charge in [-0.05, 0) is 42.9 Å². The zero-order valence-corrected chi connectivity index (χ0v) is 11.5. The summed E-state index contributed by atoms with van der Waals surface area (Å²) in [4.78, 5) is 12.0. The Morgan fingerprint density at radius 1 is 1.37 bits per heavy atom. The minimum Gasteiger partial charge on any atom is -0.384 e. The van der Waals surface area contributed by atoms with E-state index in [1.165, 1.54) is 6.42 Å².